The third kappa shape index (κ3) is 3.68. The fraction of sp³-hybridized carbons (Fsp3) is 0.759. The molecule has 2 nitrogen and oxygen atoms in total. The van der Waals surface area contributed by atoms with Crippen LogP contribution in [0.3, 0.4) is 0 Å². The predicted molar refractivity (Wildman–Crippen MR) is 131 cm³/mol. The van der Waals surface area contributed by atoms with Gasteiger partial charge in [0.2, 0.25) is 0 Å². The topological polar surface area (TPSA) is 37.3 Å². The van der Waals surface area contributed by atoms with Gasteiger partial charge in [0.1, 0.15) is 5.78 Å². The molecule has 0 saturated heterocycles. The summed E-state index contributed by atoms with van der Waals surface area (Å²) in [5.41, 5.74) is 1.36. The minimum absolute atomic E-state index is 0.240. The molecule has 0 aromatic heterocycles. The highest BCUT2D eigenvalue weighted by Crippen LogP contribution is 2.68. The Labute approximate surface area is 199 Å². The molecule has 1 aromatic carbocycles. The van der Waals surface area contributed by atoms with Crippen LogP contribution < -0.4 is 0 Å². The van der Waals surface area contributed by atoms with Gasteiger partial charge < -0.3 is 5.11 Å². The van der Waals surface area contributed by atoms with Gasteiger partial charge in [0.25, 0.3) is 0 Å². The number of ketones is 1. The van der Waals surface area contributed by atoms with Crippen LogP contribution in [0.2, 0.25) is 5.02 Å². The monoisotopic (exact) mass is 456 g/mol. The van der Waals surface area contributed by atoms with E-state index in [4.69, 9.17) is 11.6 Å². The SMILES string of the molecule is CC(=O)[C@H]1CC[C@H]2[C@@H]3CCC4CC(O)(CCc5ccc(Cl)cc5)CC[C@]4(C)[C@H]3CC[C@]12C. The first-order valence-corrected chi connectivity index (χ1v) is 13.5. The lowest BCUT2D eigenvalue weighted by molar-refractivity contribution is -0.154. The van der Waals surface area contributed by atoms with Crippen molar-refractivity contribution in [2.75, 3.05) is 0 Å². The van der Waals surface area contributed by atoms with E-state index in [1.54, 1.807) is 0 Å². The molecule has 1 aromatic rings. The Morgan fingerprint density at radius 2 is 1.69 bits per heavy atom. The number of aliphatic hydroxyl groups is 1. The van der Waals surface area contributed by atoms with Crippen LogP contribution in [-0.4, -0.2) is 16.5 Å². The standard InChI is InChI=1S/C29H41ClO2/c1-19(31)24-10-11-25-23-9-6-21-18-29(32,15-12-20-4-7-22(30)8-5-20)17-16-27(21,2)26(23)13-14-28(24,25)3/h4-5,7-8,21,23-26,32H,6,9-18H2,1-3H3/t21?,23-,24+,25-,26-,27-,28+,29?/m0/s1. The first kappa shape index (κ1) is 22.9. The quantitative estimate of drug-likeness (QED) is 0.517. The van der Waals surface area contributed by atoms with E-state index in [1.807, 2.05) is 19.1 Å². The maximum atomic E-state index is 12.4. The Morgan fingerprint density at radius 3 is 2.41 bits per heavy atom. The number of hydrogen-bond acceptors (Lipinski definition) is 2. The van der Waals surface area contributed by atoms with Crippen molar-refractivity contribution >= 4 is 17.4 Å². The van der Waals surface area contributed by atoms with Crippen molar-refractivity contribution in [2.24, 2.45) is 40.4 Å². The number of carbonyl (C=O) groups is 1. The largest absolute Gasteiger partial charge is 0.390 e. The molecule has 4 fully saturated rings. The second kappa shape index (κ2) is 8.12. The summed E-state index contributed by atoms with van der Waals surface area (Å²) in [6.45, 7) is 6.83. The van der Waals surface area contributed by atoms with Gasteiger partial charge in [-0.05, 0) is 130 Å². The number of halogens is 1. The van der Waals surface area contributed by atoms with Crippen LogP contribution in [0.1, 0.15) is 90.5 Å². The predicted octanol–water partition coefficient (Wildman–Crippen LogP) is 7.25. The Morgan fingerprint density at radius 1 is 0.969 bits per heavy atom. The Kier molecular flexibility index (Phi) is 5.81. The minimum atomic E-state index is -0.521. The highest BCUT2D eigenvalue weighted by molar-refractivity contribution is 6.30. The fourth-order valence-corrected chi connectivity index (χ4v) is 9.37. The van der Waals surface area contributed by atoms with Gasteiger partial charge >= 0.3 is 0 Å². The number of hydrogen-bond donors (Lipinski definition) is 1. The molecule has 8 atom stereocenters. The van der Waals surface area contributed by atoms with Crippen LogP contribution in [0, 0.1) is 40.4 Å². The first-order chi connectivity index (χ1) is 15.1. The van der Waals surface area contributed by atoms with Crippen molar-refractivity contribution in [2.45, 2.75) is 97.0 Å². The number of carbonyl (C=O) groups excluding carboxylic acids is 1. The highest BCUT2D eigenvalue weighted by Gasteiger charge is 2.61. The lowest BCUT2D eigenvalue weighted by Crippen LogP contribution is -2.56. The van der Waals surface area contributed by atoms with Gasteiger partial charge in [-0.2, -0.15) is 0 Å². The van der Waals surface area contributed by atoms with E-state index in [1.165, 1.54) is 37.7 Å². The van der Waals surface area contributed by atoms with Gasteiger partial charge in [-0.3, -0.25) is 4.79 Å². The highest BCUT2D eigenvalue weighted by atomic mass is 35.5. The summed E-state index contributed by atoms with van der Waals surface area (Å²) in [5.74, 6) is 3.67. The average molecular weight is 457 g/mol. The summed E-state index contributed by atoms with van der Waals surface area (Å²) in [6, 6.07) is 8.10. The van der Waals surface area contributed by atoms with Crippen molar-refractivity contribution in [1.29, 1.82) is 0 Å². The number of Topliss-reactive ketones (excluding diaryl/α,β-unsaturated/α-hetero) is 1. The summed E-state index contributed by atoms with van der Waals surface area (Å²) in [4.78, 5) is 12.4. The fourth-order valence-electron chi connectivity index (χ4n) is 9.25. The third-order valence-electron chi connectivity index (χ3n) is 11.1. The average Bonchev–Trinajstić information content (AvgIpc) is 3.12. The van der Waals surface area contributed by atoms with Gasteiger partial charge in [-0.15, -0.1) is 0 Å². The van der Waals surface area contributed by atoms with Gasteiger partial charge in [0.05, 0.1) is 5.60 Å². The molecule has 3 heteroatoms. The van der Waals surface area contributed by atoms with E-state index in [0.717, 1.165) is 61.3 Å². The molecule has 0 aliphatic heterocycles. The minimum Gasteiger partial charge on any atom is -0.390 e. The first-order valence-electron chi connectivity index (χ1n) is 13.1. The molecule has 0 radical (unpaired) electrons. The van der Waals surface area contributed by atoms with E-state index in [0.29, 0.717) is 23.0 Å². The molecule has 4 aliphatic rings. The van der Waals surface area contributed by atoms with E-state index >= 15 is 0 Å². The summed E-state index contributed by atoms with van der Waals surface area (Å²) in [7, 11) is 0. The number of fused-ring (bicyclic) bond motifs is 5. The van der Waals surface area contributed by atoms with Gasteiger partial charge in [0.15, 0.2) is 0 Å². The zero-order valence-corrected chi connectivity index (χ0v) is 21.0. The summed E-state index contributed by atoms with van der Waals surface area (Å²) in [6.07, 6.45) is 12.3. The van der Waals surface area contributed by atoms with E-state index in [9.17, 15) is 9.90 Å². The Balaban J connectivity index is 1.28. The van der Waals surface area contributed by atoms with Crippen LogP contribution in [0.5, 0.6) is 0 Å². The summed E-state index contributed by atoms with van der Waals surface area (Å²) >= 11 is 6.03. The smallest absolute Gasteiger partial charge is 0.133 e. The molecule has 4 saturated carbocycles. The van der Waals surface area contributed by atoms with Crippen molar-refractivity contribution in [3.05, 3.63) is 34.9 Å². The number of aryl methyl sites for hydroxylation is 1. The number of rotatable bonds is 4. The molecular weight excluding hydrogens is 416 g/mol. The molecule has 4 aliphatic carbocycles. The molecule has 2 unspecified atom stereocenters. The zero-order chi connectivity index (χ0) is 22.7. The molecule has 0 amide bonds. The van der Waals surface area contributed by atoms with Gasteiger partial charge in [-0.25, -0.2) is 0 Å². The Hall–Kier alpha value is -0.860. The molecule has 0 spiro atoms. The molecule has 5 rings (SSSR count). The lowest BCUT2D eigenvalue weighted by Gasteiger charge is -2.62. The number of benzene rings is 1. The van der Waals surface area contributed by atoms with Crippen LogP contribution >= 0.6 is 11.6 Å². The van der Waals surface area contributed by atoms with Crippen molar-refractivity contribution in [1.82, 2.24) is 0 Å². The summed E-state index contributed by atoms with van der Waals surface area (Å²) < 4.78 is 0. The lowest BCUT2D eigenvalue weighted by atomic mass is 9.43. The van der Waals surface area contributed by atoms with Gasteiger partial charge in [0, 0.05) is 10.9 Å². The van der Waals surface area contributed by atoms with E-state index in [2.05, 4.69) is 26.0 Å². The van der Waals surface area contributed by atoms with E-state index in [-0.39, 0.29) is 5.41 Å². The van der Waals surface area contributed by atoms with Crippen LogP contribution in [-0.2, 0) is 11.2 Å². The van der Waals surface area contributed by atoms with Crippen LogP contribution in [0.4, 0.5) is 0 Å². The van der Waals surface area contributed by atoms with Crippen molar-refractivity contribution in [3.8, 4) is 0 Å². The van der Waals surface area contributed by atoms with Crippen molar-refractivity contribution in [3.63, 3.8) is 0 Å². The second-order valence-corrected chi connectivity index (χ2v) is 12.9. The maximum Gasteiger partial charge on any atom is 0.133 e. The Bertz CT molecular complexity index is 864. The molecule has 176 valence electrons. The third-order valence-corrected chi connectivity index (χ3v) is 11.4. The maximum absolute atomic E-state index is 12.4. The van der Waals surface area contributed by atoms with Crippen molar-refractivity contribution < 1.29 is 9.90 Å². The second-order valence-electron chi connectivity index (χ2n) is 12.5. The van der Waals surface area contributed by atoms with Gasteiger partial charge in [-0.1, -0.05) is 37.6 Å². The van der Waals surface area contributed by atoms with Crippen LogP contribution in [0.15, 0.2) is 24.3 Å². The molecule has 0 heterocycles. The molecule has 1 N–H and O–H groups in total. The van der Waals surface area contributed by atoms with Crippen LogP contribution in [0.25, 0.3) is 0 Å². The molecular formula is C29H41ClO2. The molecule has 32 heavy (non-hydrogen) atoms. The molecule has 0 bridgehead atoms. The zero-order valence-electron chi connectivity index (χ0n) is 20.2. The van der Waals surface area contributed by atoms with E-state index < -0.39 is 5.60 Å². The normalized spacial score (nSPS) is 45.6. The summed E-state index contributed by atoms with van der Waals surface area (Å²) in [5, 5.41) is 12.3.